The van der Waals surface area contributed by atoms with Crippen LogP contribution in [0.2, 0.25) is 0 Å². The maximum Gasteiger partial charge on any atom is 0.407 e. The normalized spacial score (nSPS) is 17.8. The number of carbonyl (C=O) groups is 1. The topological polar surface area (TPSA) is 96.0 Å². The van der Waals surface area contributed by atoms with Gasteiger partial charge in [0.05, 0.1) is 30.0 Å². The van der Waals surface area contributed by atoms with Crippen LogP contribution in [-0.2, 0) is 4.74 Å². The smallest absolute Gasteiger partial charge is 0.407 e. The number of rotatable bonds is 3. The van der Waals surface area contributed by atoms with Crippen molar-refractivity contribution < 1.29 is 9.53 Å². The predicted octanol–water partition coefficient (Wildman–Crippen LogP) is 2.61. The number of amides is 1. The molecule has 0 saturated carbocycles. The lowest BCUT2D eigenvalue weighted by molar-refractivity contribution is 0.0865. The van der Waals surface area contributed by atoms with Crippen molar-refractivity contribution in [1.29, 1.82) is 0 Å². The minimum Gasteiger partial charge on any atom is -0.444 e. The molecule has 26 heavy (non-hydrogen) atoms. The summed E-state index contributed by atoms with van der Waals surface area (Å²) in [7, 11) is 0. The summed E-state index contributed by atoms with van der Waals surface area (Å²) in [6.07, 6.45) is 6.49. The molecule has 3 aromatic heterocycles. The average molecular weight is 354 g/mol. The Labute approximate surface area is 151 Å². The van der Waals surface area contributed by atoms with E-state index in [0.717, 1.165) is 41.5 Å². The number of hydrogen-bond donors (Lipinski definition) is 2. The van der Waals surface area contributed by atoms with Crippen LogP contribution in [0.1, 0.15) is 26.7 Å². The number of nitrogens with zero attached hydrogens (tertiary/aromatic N) is 4. The molecule has 0 aromatic carbocycles. The fourth-order valence-electron chi connectivity index (χ4n) is 3.43. The highest BCUT2D eigenvalue weighted by Gasteiger charge is 2.26. The number of carbonyl (C=O) groups excluding carboxylic acids is 1. The van der Waals surface area contributed by atoms with Gasteiger partial charge >= 0.3 is 6.09 Å². The first-order valence-electron chi connectivity index (χ1n) is 8.90. The standard InChI is InChI=1S/C18H22N6O2/c1-11(2)23-18(25)26-12-4-3-7-24(9-12)17-15-13-5-6-19-16(13)20-8-14(15)21-10-22-17/h5-6,8,10-12H,3-4,7,9H2,1-2H3,(H,21,22)(H,23,25). The molecule has 0 bridgehead atoms. The molecule has 1 fully saturated rings. The molecule has 3 aromatic rings. The molecule has 1 atom stereocenters. The molecule has 136 valence electrons. The third-order valence-electron chi connectivity index (χ3n) is 4.52. The molecule has 1 aliphatic rings. The van der Waals surface area contributed by atoms with Crippen LogP contribution in [0.4, 0.5) is 10.6 Å². The van der Waals surface area contributed by atoms with E-state index in [4.69, 9.17) is 4.74 Å². The summed E-state index contributed by atoms with van der Waals surface area (Å²) in [4.78, 5) is 30.5. The highest BCUT2D eigenvalue weighted by Crippen LogP contribution is 2.31. The minimum atomic E-state index is -0.363. The summed E-state index contributed by atoms with van der Waals surface area (Å²) in [6, 6.07) is 2.01. The Morgan fingerprint density at radius 1 is 1.38 bits per heavy atom. The molecule has 1 amide bonds. The molecule has 1 saturated heterocycles. The van der Waals surface area contributed by atoms with Crippen LogP contribution in [-0.4, -0.2) is 51.3 Å². The minimum absolute atomic E-state index is 0.0584. The van der Waals surface area contributed by atoms with E-state index in [2.05, 4.69) is 30.2 Å². The third kappa shape index (κ3) is 3.14. The van der Waals surface area contributed by atoms with Crippen LogP contribution < -0.4 is 10.2 Å². The van der Waals surface area contributed by atoms with Crippen molar-refractivity contribution in [2.75, 3.05) is 18.0 Å². The summed E-state index contributed by atoms with van der Waals surface area (Å²) in [5, 5.41) is 4.75. The van der Waals surface area contributed by atoms with Crippen molar-refractivity contribution in [2.45, 2.75) is 38.8 Å². The number of H-pyrrole nitrogens is 1. The third-order valence-corrected chi connectivity index (χ3v) is 4.52. The van der Waals surface area contributed by atoms with Crippen LogP contribution in [0, 0.1) is 0 Å². The number of fused-ring (bicyclic) bond motifs is 3. The summed E-state index contributed by atoms with van der Waals surface area (Å²) >= 11 is 0. The summed E-state index contributed by atoms with van der Waals surface area (Å²) in [5.41, 5.74) is 1.62. The lowest BCUT2D eigenvalue weighted by Crippen LogP contribution is -2.43. The van der Waals surface area contributed by atoms with E-state index in [-0.39, 0.29) is 18.2 Å². The molecule has 4 heterocycles. The Hall–Kier alpha value is -2.90. The van der Waals surface area contributed by atoms with Gasteiger partial charge in [0.15, 0.2) is 5.65 Å². The second-order valence-corrected chi connectivity index (χ2v) is 6.87. The molecule has 0 aliphatic carbocycles. The monoisotopic (exact) mass is 354 g/mol. The number of ether oxygens (including phenoxy) is 1. The number of piperidine rings is 1. The van der Waals surface area contributed by atoms with Crippen molar-refractivity contribution in [3.8, 4) is 0 Å². The zero-order chi connectivity index (χ0) is 18.1. The van der Waals surface area contributed by atoms with Crippen molar-refractivity contribution in [3.63, 3.8) is 0 Å². The fraction of sp³-hybridized carbons (Fsp3) is 0.444. The van der Waals surface area contributed by atoms with Gasteiger partial charge in [-0.1, -0.05) is 0 Å². The number of pyridine rings is 1. The summed E-state index contributed by atoms with van der Waals surface area (Å²) in [5.74, 6) is 0.872. The molecular formula is C18H22N6O2. The maximum absolute atomic E-state index is 11.9. The molecule has 4 rings (SSSR count). The maximum atomic E-state index is 11.9. The number of hydrogen-bond acceptors (Lipinski definition) is 6. The number of alkyl carbamates (subject to hydrolysis) is 1. The fourth-order valence-corrected chi connectivity index (χ4v) is 3.43. The average Bonchev–Trinajstić information content (AvgIpc) is 3.09. The zero-order valence-corrected chi connectivity index (χ0v) is 14.9. The molecular weight excluding hydrogens is 332 g/mol. The quantitative estimate of drug-likeness (QED) is 0.750. The first-order valence-corrected chi connectivity index (χ1v) is 8.90. The first kappa shape index (κ1) is 16.6. The van der Waals surface area contributed by atoms with Gasteiger partial charge in [0.2, 0.25) is 0 Å². The van der Waals surface area contributed by atoms with E-state index >= 15 is 0 Å². The van der Waals surface area contributed by atoms with Crippen molar-refractivity contribution in [3.05, 3.63) is 24.8 Å². The molecule has 0 spiro atoms. The number of aromatic nitrogens is 4. The summed E-state index contributed by atoms with van der Waals surface area (Å²) in [6.45, 7) is 5.32. The lowest BCUT2D eigenvalue weighted by Gasteiger charge is -2.33. The van der Waals surface area contributed by atoms with Gasteiger partial charge in [0, 0.05) is 24.2 Å². The van der Waals surface area contributed by atoms with Crippen molar-refractivity contribution in [1.82, 2.24) is 25.3 Å². The molecule has 0 radical (unpaired) electrons. The Kier molecular flexibility index (Phi) is 4.32. The van der Waals surface area contributed by atoms with Gasteiger partial charge in [-0.05, 0) is 32.8 Å². The van der Waals surface area contributed by atoms with Crippen LogP contribution >= 0.6 is 0 Å². The van der Waals surface area contributed by atoms with E-state index in [1.54, 1.807) is 18.7 Å². The number of anilines is 1. The predicted molar refractivity (Wildman–Crippen MR) is 99.2 cm³/mol. The van der Waals surface area contributed by atoms with E-state index in [9.17, 15) is 4.79 Å². The lowest BCUT2D eigenvalue weighted by atomic mass is 10.1. The first-order chi connectivity index (χ1) is 12.6. The van der Waals surface area contributed by atoms with Gasteiger partial charge in [0.25, 0.3) is 0 Å². The van der Waals surface area contributed by atoms with Gasteiger partial charge in [-0.15, -0.1) is 0 Å². The second-order valence-electron chi connectivity index (χ2n) is 6.87. The molecule has 1 unspecified atom stereocenters. The highest BCUT2D eigenvalue weighted by molar-refractivity contribution is 6.08. The van der Waals surface area contributed by atoms with Crippen LogP contribution in [0.15, 0.2) is 24.8 Å². The van der Waals surface area contributed by atoms with E-state index in [1.807, 2.05) is 19.9 Å². The largest absolute Gasteiger partial charge is 0.444 e. The van der Waals surface area contributed by atoms with Crippen molar-refractivity contribution in [2.24, 2.45) is 0 Å². The molecule has 8 heteroatoms. The summed E-state index contributed by atoms with van der Waals surface area (Å²) < 4.78 is 5.59. The van der Waals surface area contributed by atoms with E-state index < -0.39 is 0 Å². The van der Waals surface area contributed by atoms with Crippen LogP contribution in [0.5, 0.6) is 0 Å². The zero-order valence-electron chi connectivity index (χ0n) is 14.9. The molecule has 1 aliphatic heterocycles. The Morgan fingerprint density at radius 2 is 2.27 bits per heavy atom. The molecule has 2 N–H and O–H groups in total. The van der Waals surface area contributed by atoms with Crippen LogP contribution in [0.3, 0.4) is 0 Å². The highest BCUT2D eigenvalue weighted by atomic mass is 16.6. The Bertz CT molecular complexity index is 938. The van der Waals surface area contributed by atoms with Gasteiger partial charge < -0.3 is 19.9 Å². The van der Waals surface area contributed by atoms with Gasteiger partial charge in [-0.3, -0.25) is 0 Å². The Balaban J connectivity index is 1.63. The van der Waals surface area contributed by atoms with Gasteiger partial charge in [-0.2, -0.15) is 0 Å². The molecule has 8 nitrogen and oxygen atoms in total. The Morgan fingerprint density at radius 3 is 3.12 bits per heavy atom. The van der Waals surface area contributed by atoms with Crippen molar-refractivity contribution >= 4 is 33.8 Å². The SMILES string of the molecule is CC(C)NC(=O)OC1CCCN(c2nc[nH]c3cnc4nccc4c23)C1. The second kappa shape index (κ2) is 6.78. The van der Waals surface area contributed by atoms with Gasteiger partial charge in [0.1, 0.15) is 11.9 Å². The number of aromatic amines is 1. The van der Waals surface area contributed by atoms with Crippen LogP contribution in [0.25, 0.3) is 21.9 Å². The number of nitrogens with one attached hydrogen (secondary N) is 2. The van der Waals surface area contributed by atoms with Gasteiger partial charge in [-0.25, -0.2) is 19.7 Å². The van der Waals surface area contributed by atoms with E-state index in [1.165, 1.54) is 0 Å². The van der Waals surface area contributed by atoms with E-state index in [0.29, 0.717) is 12.2 Å².